The molecule has 1 saturated carbocycles. The van der Waals surface area contributed by atoms with Crippen LogP contribution in [0.3, 0.4) is 0 Å². The molecule has 0 aromatic heterocycles. The van der Waals surface area contributed by atoms with E-state index >= 15 is 0 Å². The van der Waals surface area contributed by atoms with Gasteiger partial charge in [0.15, 0.2) is 11.6 Å². The van der Waals surface area contributed by atoms with Crippen LogP contribution in [-0.2, 0) is 11.3 Å². The van der Waals surface area contributed by atoms with E-state index < -0.39 is 17.5 Å². The summed E-state index contributed by atoms with van der Waals surface area (Å²) in [6.07, 6.45) is 2.56. The lowest BCUT2D eigenvalue weighted by molar-refractivity contribution is 0.0340. The van der Waals surface area contributed by atoms with Crippen molar-refractivity contribution in [2.45, 2.75) is 38.0 Å². The number of ether oxygens (including phenoxy) is 1. The van der Waals surface area contributed by atoms with Crippen LogP contribution >= 0.6 is 0 Å². The zero-order valence-corrected chi connectivity index (χ0v) is 9.26. The van der Waals surface area contributed by atoms with Crippen molar-refractivity contribution in [2.24, 2.45) is 5.73 Å². The maximum absolute atomic E-state index is 13.3. The number of halogens is 3. The molecule has 0 saturated heterocycles. The fourth-order valence-corrected chi connectivity index (χ4v) is 2.03. The van der Waals surface area contributed by atoms with E-state index in [4.69, 9.17) is 10.5 Å². The minimum Gasteiger partial charge on any atom is -0.372 e. The maximum atomic E-state index is 13.3. The topological polar surface area (TPSA) is 35.2 Å². The quantitative estimate of drug-likeness (QED) is 0.830. The van der Waals surface area contributed by atoms with Crippen molar-refractivity contribution in [3.8, 4) is 0 Å². The van der Waals surface area contributed by atoms with E-state index in [-0.39, 0.29) is 24.3 Å². The Balaban J connectivity index is 2.01. The van der Waals surface area contributed by atoms with Crippen LogP contribution in [0.15, 0.2) is 12.1 Å². The first-order valence-electron chi connectivity index (χ1n) is 5.58. The molecule has 0 heterocycles. The number of benzene rings is 1. The van der Waals surface area contributed by atoms with Crippen molar-refractivity contribution in [1.82, 2.24) is 0 Å². The van der Waals surface area contributed by atoms with Crippen molar-refractivity contribution >= 4 is 0 Å². The Morgan fingerprint density at radius 1 is 1.12 bits per heavy atom. The van der Waals surface area contributed by atoms with Gasteiger partial charge in [0.25, 0.3) is 0 Å². The lowest BCUT2D eigenvalue weighted by Gasteiger charge is -2.16. The molecule has 1 aliphatic carbocycles. The van der Waals surface area contributed by atoms with Crippen LogP contribution in [-0.4, -0.2) is 12.1 Å². The van der Waals surface area contributed by atoms with Gasteiger partial charge >= 0.3 is 0 Å². The summed E-state index contributed by atoms with van der Waals surface area (Å²) in [6, 6.07) is 1.30. The summed E-state index contributed by atoms with van der Waals surface area (Å²) < 4.78 is 44.3. The summed E-state index contributed by atoms with van der Waals surface area (Å²) in [5.41, 5.74) is 5.80. The van der Waals surface area contributed by atoms with Gasteiger partial charge in [0.1, 0.15) is 5.82 Å². The average Bonchev–Trinajstić information content (AvgIpc) is 2.68. The van der Waals surface area contributed by atoms with E-state index in [1.807, 2.05) is 0 Å². The zero-order valence-electron chi connectivity index (χ0n) is 9.26. The van der Waals surface area contributed by atoms with Crippen molar-refractivity contribution < 1.29 is 17.9 Å². The lowest BCUT2D eigenvalue weighted by Crippen LogP contribution is -2.31. The normalized spacial score (nSPS) is 24.2. The molecule has 2 rings (SSSR count). The predicted molar refractivity (Wildman–Crippen MR) is 56.7 cm³/mol. The summed E-state index contributed by atoms with van der Waals surface area (Å²) in [5.74, 6) is -3.06. The van der Waals surface area contributed by atoms with Gasteiger partial charge in [-0.1, -0.05) is 0 Å². The van der Waals surface area contributed by atoms with Gasteiger partial charge in [0.2, 0.25) is 0 Å². The highest BCUT2D eigenvalue weighted by molar-refractivity contribution is 5.19. The fourth-order valence-electron chi connectivity index (χ4n) is 2.03. The molecule has 0 radical (unpaired) electrons. The molecule has 0 bridgehead atoms. The van der Waals surface area contributed by atoms with Crippen LogP contribution < -0.4 is 5.73 Å². The van der Waals surface area contributed by atoms with E-state index in [1.165, 1.54) is 0 Å². The summed E-state index contributed by atoms with van der Waals surface area (Å²) in [5, 5.41) is 0. The van der Waals surface area contributed by atoms with Gasteiger partial charge in [0, 0.05) is 17.7 Å². The summed E-state index contributed by atoms with van der Waals surface area (Å²) >= 11 is 0. The number of nitrogens with two attached hydrogens (primary N) is 1. The van der Waals surface area contributed by atoms with E-state index in [0.717, 1.165) is 25.3 Å². The van der Waals surface area contributed by atoms with Crippen molar-refractivity contribution in [3.63, 3.8) is 0 Å². The number of hydrogen-bond donors (Lipinski definition) is 1. The largest absolute Gasteiger partial charge is 0.372 e. The third-order valence-corrected chi connectivity index (χ3v) is 3.05. The van der Waals surface area contributed by atoms with Gasteiger partial charge in [-0.3, -0.25) is 0 Å². The molecule has 0 spiro atoms. The van der Waals surface area contributed by atoms with E-state index in [2.05, 4.69) is 0 Å². The first kappa shape index (κ1) is 12.4. The van der Waals surface area contributed by atoms with Gasteiger partial charge in [-0.25, -0.2) is 13.2 Å². The van der Waals surface area contributed by atoms with E-state index in [1.54, 1.807) is 0 Å². The molecule has 5 heteroatoms. The van der Waals surface area contributed by atoms with Crippen LogP contribution in [0.5, 0.6) is 0 Å². The molecule has 2 nitrogen and oxygen atoms in total. The molecule has 17 heavy (non-hydrogen) atoms. The Hall–Kier alpha value is -1.07. The molecular weight excluding hydrogens is 231 g/mol. The Morgan fingerprint density at radius 2 is 1.82 bits per heavy atom. The van der Waals surface area contributed by atoms with Crippen LogP contribution in [0.2, 0.25) is 0 Å². The van der Waals surface area contributed by atoms with E-state index in [9.17, 15) is 13.2 Å². The van der Waals surface area contributed by atoms with Gasteiger partial charge in [-0.2, -0.15) is 0 Å². The minimum absolute atomic E-state index is 0.0167. The summed E-state index contributed by atoms with van der Waals surface area (Å²) in [7, 11) is 0. The smallest absolute Gasteiger partial charge is 0.161 e. The highest BCUT2D eigenvalue weighted by Crippen LogP contribution is 2.22. The molecule has 0 aliphatic heterocycles. The molecular formula is C12H14F3NO. The van der Waals surface area contributed by atoms with Crippen molar-refractivity contribution in [3.05, 3.63) is 35.1 Å². The van der Waals surface area contributed by atoms with E-state index in [0.29, 0.717) is 6.07 Å². The minimum atomic E-state index is -1.19. The Kier molecular flexibility index (Phi) is 3.69. The number of rotatable bonds is 3. The second kappa shape index (κ2) is 5.06. The monoisotopic (exact) mass is 245 g/mol. The Labute approximate surface area is 97.6 Å². The second-order valence-corrected chi connectivity index (χ2v) is 4.30. The Morgan fingerprint density at radius 3 is 2.47 bits per heavy atom. The van der Waals surface area contributed by atoms with Gasteiger partial charge in [-0.15, -0.1) is 0 Å². The second-order valence-electron chi connectivity index (χ2n) is 4.30. The zero-order chi connectivity index (χ0) is 12.4. The van der Waals surface area contributed by atoms with Crippen LogP contribution in [0, 0.1) is 17.5 Å². The lowest BCUT2D eigenvalue weighted by atomic mass is 10.2. The molecule has 1 fully saturated rings. The summed E-state index contributed by atoms with van der Waals surface area (Å²) in [6.45, 7) is -0.0819. The maximum Gasteiger partial charge on any atom is 0.161 e. The van der Waals surface area contributed by atoms with Crippen molar-refractivity contribution in [2.75, 3.05) is 0 Å². The van der Waals surface area contributed by atoms with Crippen molar-refractivity contribution in [1.29, 1.82) is 0 Å². The third-order valence-electron chi connectivity index (χ3n) is 3.05. The SMILES string of the molecule is NC1CCCC1OCc1cc(F)c(F)cc1F. The van der Waals surface area contributed by atoms with Crippen LogP contribution in [0.4, 0.5) is 13.2 Å². The fraction of sp³-hybridized carbons (Fsp3) is 0.500. The standard InChI is InChI=1S/C12H14F3NO/c13-8-5-10(15)9(14)4-7(8)6-17-12-3-1-2-11(12)16/h4-5,11-12H,1-3,6,16H2. The first-order valence-corrected chi connectivity index (χ1v) is 5.58. The molecule has 1 aliphatic rings. The highest BCUT2D eigenvalue weighted by atomic mass is 19.2. The molecule has 94 valence electrons. The third kappa shape index (κ3) is 2.79. The van der Waals surface area contributed by atoms with Gasteiger partial charge in [0.05, 0.1) is 12.7 Å². The summed E-state index contributed by atoms with van der Waals surface area (Å²) in [4.78, 5) is 0. The predicted octanol–water partition coefficient (Wildman–Crippen LogP) is 2.50. The number of hydrogen-bond acceptors (Lipinski definition) is 2. The first-order chi connectivity index (χ1) is 8.08. The van der Waals surface area contributed by atoms with Crippen LogP contribution in [0.25, 0.3) is 0 Å². The molecule has 2 N–H and O–H groups in total. The molecule has 2 atom stereocenters. The van der Waals surface area contributed by atoms with Gasteiger partial charge < -0.3 is 10.5 Å². The molecule has 0 amide bonds. The molecule has 2 unspecified atom stereocenters. The molecule has 1 aromatic rings. The Bertz CT molecular complexity index is 411. The highest BCUT2D eigenvalue weighted by Gasteiger charge is 2.24. The molecule has 1 aromatic carbocycles. The average molecular weight is 245 g/mol. The van der Waals surface area contributed by atoms with Crippen LogP contribution in [0.1, 0.15) is 24.8 Å². The van der Waals surface area contributed by atoms with Gasteiger partial charge in [-0.05, 0) is 25.3 Å².